The number of piperazine rings is 1. The molecule has 8 aromatic rings. The van der Waals surface area contributed by atoms with Crippen molar-refractivity contribution in [3.8, 4) is 5.75 Å². The summed E-state index contributed by atoms with van der Waals surface area (Å²) >= 11 is 0. The molecular formula is C125H186N10O11. The van der Waals surface area contributed by atoms with E-state index in [0.29, 0.717) is 93.5 Å². The SMILES string of the molecule is CC(C)(C)c1ccc(C(=O)N2CCC(O)C2)cc1.CC(C)(C)c1ccc(CC(=O)N2CCCC2)cc1.CC(C)(C)c1ccc(CCC(=O)N2CCCC2)cc1.CC(C)(C)c1ccc(CCC(=O)N2CCOCC2)cc1.CC(C)(C)c1ccc(N2CCOCC2)nc1.CN(C)C(=O)CCc1ccc(C(C)(C)C)cc1.CN1CCN(C(=O)CCc2ccc(C(C)(C)C)cc2)CC1.COc1cc(C(C)(C)C)ccc1C(=O)N(C)C. The lowest BCUT2D eigenvalue weighted by atomic mass is 9.86. The number of likely N-dealkylation sites (N-methyl/N-ethyl adjacent to an activating group) is 1. The van der Waals surface area contributed by atoms with Gasteiger partial charge in [0.2, 0.25) is 29.5 Å². The Morgan fingerprint density at radius 1 is 0.349 bits per heavy atom. The van der Waals surface area contributed by atoms with Crippen LogP contribution in [0, 0.1) is 0 Å². The molecule has 6 aliphatic rings. The Kier molecular flexibility index (Phi) is 47.5. The zero-order chi connectivity index (χ0) is 108. The van der Waals surface area contributed by atoms with Crippen molar-refractivity contribution in [3.63, 3.8) is 0 Å². The van der Waals surface area contributed by atoms with Gasteiger partial charge in [-0.05, 0) is 211 Å². The van der Waals surface area contributed by atoms with E-state index < -0.39 is 0 Å². The normalized spacial score (nSPS) is 15.8. The molecule has 0 radical (unpaired) electrons. The average molecular weight is 2000 g/mol. The first-order valence-electron chi connectivity index (χ1n) is 53.6. The van der Waals surface area contributed by atoms with Crippen molar-refractivity contribution in [2.45, 2.75) is 305 Å². The molecule has 6 aliphatic heterocycles. The summed E-state index contributed by atoms with van der Waals surface area (Å²) in [6.45, 7) is 67.7. The fourth-order valence-corrected chi connectivity index (χ4v) is 17.2. The Labute approximate surface area is 881 Å². The summed E-state index contributed by atoms with van der Waals surface area (Å²) in [6, 6.07) is 61.0. The predicted molar refractivity (Wildman–Crippen MR) is 602 cm³/mol. The summed E-state index contributed by atoms with van der Waals surface area (Å²) in [6.07, 6.45) is 13.3. The van der Waals surface area contributed by atoms with Crippen LogP contribution in [0.3, 0.4) is 0 Å². The third-order valence-corrected chi connectivity index (χ3v) is 27.7. The van der Waals surface area contributed by atoms with Crippen LogP contribution < -0.4 is 9.64 Å². The topological polar surface area (TPSA) is 209 Å². The van der Waals surface area contributed by atoms with Crippen LogP contribution in [0.2, 0.25) is 0 Å². The number of carbonyl (C=O) groups excluding carboxylic acids is 7. The number of aryl methyl sites for hydroxylation is 4. The number of rotatable bonds is 18. The molecule has 7 heterocycles. The molecule has 21 nitrogen and oxygen atoms in total. The molecule has 1 aromatic heterocycles. The van der Waals surface area contributed by atoms with Gasteiger partial charge in [0.1, 0.15) is 11.6 Å². The van der Waals surface area contributed by atoms with Crippen molar-refractivity contribution in [3.05, 3.63) is 266 Å². The molecule has 0 saturated carbocycles. The van der Waals surface area contributed by atoms with Crippen LogP contribution >= 0.6 is 0 Å². The lowest BCUT2D eigenvalue weighted by molar-refractivity contribution is -0.135. The first kappa shape index (κ1) is 122. The van der Waals surface area contributed by atoms with Crippen molar-refractivity contribution in [2.24, 2.45) is 0 Å². The molecule has 6 fully saturated rings. The summed E-state index contributed by atoms with van der Waals surface area (Å²) in [5.41, 5.74) is 19.0. The maximum atomic E-state index is 12.2. The van der Waals surface area contributed by atoms with Gasteiger partial charge in [0, 0.05) is 157 Å². The van der Waals surface area contributed by atoms with Crippen LogP contribution in [0.1, 0.15) is 317 Å². The van der Waals surface area contributed by atoms with E-state index in [0.717, 1.165) is 147 Å². The van der Waals surface area contributed by atoms with Gasteiger partial charge in [0.15, 0.2) is 0 Å². The second-order valence-corrected chi connectivity index (χ2v) is 48.7. The summed E-state index contributed by atoms with van der Waals surface area (Å²) in [4.78, 5) is 106. The number of β-amino-alcohol motifs (C(OH)–C–C–N with tert-alkyl or cyclic N) is 1. The van der Waals surface area contributed by atoms with E-state index in [1.807, 2.05) is 68.3 Å². The van der Waals surface area contributed by atoms with Gasteiger partial charge >= 0.3 is 0 Å². The number of amides is 7. The van der Waals surface area contributed by atoms with Crippen molar-refractivity contribution >= 4 is 47.2 Å². The molecule has 7 amide bonds. The number of hydrogen-bond acceptors (Lipinski definition) is 14. The van der Waals surface area contributed by atoms with Crippen LogP contribution in [0.5, 0.6) is 5.75 Å². The number of likely N-dealkylation sites (tertiary alicyclic amines) is 3. The molecule has 1 N–H and O–H groups in total. The summed E-state index contributed by atoms with van der Waals surface area (Å²) in [5.74, 6) is 3.00. The molecule has 1 unspecified atom stereocenters. The third kappa shape index (κ3) is 42.2. The van der Waals surface area contributed by atoms with Gasteiger partial charge in [-0.25, -0.2) is 4.98 Å². The Hall–Kier alpha value is -10.6. The molecule has 0 bridgehead atoms. The third-order valence-electron chi connectivity index (χ3n) is 27.7. The summed E-state index contributed by atoms with van der Waals surface area (Å²) < 4.78 is 15.9. The molecule has 0 aliphatic carbocycles. The van der Waals surface area contributed by atoms with Gasteiger partial charge in [-0.15, -0.1) is 0 Å². The van der Waals surface area contributed by atoms with E-state index in [9.17, 15) is 38.7 Å². The van der Waals surface area contributed by atoms with Gasteiger partial charge in [0.25, 0.3) is 11.8 Å². The first-order valence-corrected chi connectivity index (χ1v) is 53.6. The van der Waals surface area contributed by atoms with E-state index >= 15 is 0 Å². The highest BCUT2D eigenvalue weighted by molar-refractivity contribution is 5.97. The number of morpholine rings is 2. The molecule has 146 heavy (non-hydrogen) atoms. The minimum Gasteiger partial charge on any atom is -0.496 e. The number of anilines is 1. The summed E-state index contributed by atoms with van der Waals surface area (Å²) in [5, 5.41) is 9.45. The molecule has 1 atom stereocenters. The number of methoxy groups -OCH3 is 1. The lowest BCUT2D eigenvalue weighted by Gasteiger charge is -2.32. The number of aromatic nitrogens is 1. The van der Waals surface area contributed by atoms with E-state index in [1.165, 1.54) is 74.0 Å². The Bertz CT molecular complexity index is 5280. The predicted octanol–water partition coefficient (Wildman–Crippen LogP) is 22.3. The Balaban J connectivity index is 0.000000226. The van der Waals surface area contributed by atoms with E-state index in [1.54, 1.807) is 50.0 Å². The maximum Gasteiger partial charge on any atom is 0.257 e. The zero-order valence-corrected chi connectivity index (χ0v) is 95.5. The van der Waals surface area contributed by atoms with Gasteiger partial charge in [-0.3, -0.25) is 33.6 Å². The number of nitrogens with zero attached hydrogens (tertiary/aromatic N) is 10. The number of aliphatic hydroxyl groups is 1. The molecule has 6 saturated heterocycles. The number of hydrogen-bond donors (Lipinski definition) is 1. The minimum atomic E-state index is -0.359. The first-order chi connectivity index (χ1) is 68.3. The zero-order valence-electron chi connectivity index (χ0n) is 95.5. The minimum absolute atomic E-state index is 0.0204. The molecule has 14 rings (SSSR count). The van der Waals surface area contributed by atoms with Crippen LogP contribution in [0.25, 0.3) is 0 Å². The van der Waals surface area contributed by atoms with Gasteiger partial charge in [0.05, 0.1) is 51.6 Å². The maximum absolute atomic E-state index is 12.2. The van der Waals surface area contributed by atoms with Crippen LogP contribution in [-0.4, -0.2) is 257 Å². The number of carbonyl (C=O) groups is 7. The van der Waals surface area contributed by atoms with Gasteiger partial charge < -0.3 is 63.4 Å². The van der Waals surface area contributed by atoms with E-state index in [4.69, 9.17) is 14.2 Å². The van der Waals surface area contributed by atoms with Crippen molar-refractivity contribution < 1.29 is 52.9 Å². The number of ether oxygens (including phenoxy) is 3. The number of pyridine rings is 1. The quantitative estimate of drug-likeness (QED) is 0.0847. The second kappa shape index (κ2) is 56.7. The number of aliphatic hydroxyl groups excluding tert-OH is 1. The lowest BCUT2D eigenvalue weighted by Crippen LogP contribution is -2.47. The Morgan fingerprint density at radius 2 is 0.664 bits per heavy atom. The largest absolute Gasteiger partial charge is 0.496 e. The number of benzene rings is 7. The van der Waals surface area contributed by atoms with E-state index in [2.05, 4.69) is 321 Å². The van der Waals surface area contributed by atoms with Crippen molar-refractivity contribution in [2.75, 3.05) is 165 Å². The van der Waals surface area contributed by atoms with Gasteiger partial charge in [-0.2, -0.15) is 0 Å². The monoisotopic (exact) mass is 2000 g/mol. The highest BCUT2D eigenvalue weighted by Gasteiger charge is 2.30. The smallest absolute Gasteiger partial charge is 0.257 e. The average Bonchev–Trinajstić information content (AvgIpc) is 0.924. The van der Waals surface area contributed by atoms with Crippen LogP contribution in [-0.2, 0) is 109 Å². The second-order valence-electron chi connectivity index (χ2n) is 48.7. The van der Waals surface area contributed by atoms with Crippen LogP contribution in [0.15, 0.2) is 182 Å². The van der Waals surface area contributed by atoms with Crippen molar-refractivity contribution in [1.29, 1.82) is 0 Å². The molecule has 0 spiro atoms. The molecule has 802 valence electrons. The molecule has 7 aromatic carbocycles. The fourth-order valence-electron chi connectivity index (χ4n) is 17.2. The highest BCUT2D eigenvalue weighted by Crippen LogP contribution is 2.33. The highest BCUT2D eigenvalue weighted by atomic mass is 16.5. The molecular weight excluding hydrogens is 1820 g/mol. The van der Waals surface area contributed by atoms with E-state index in [-0.39, 0.29) is 79.0 Å². The molecule has 21 heteroatoms. The van der Waals surface area contributed by atoms with Gasteiger partial charge in [-0.1, -0.05) is 312 Å². The Morgan fingerprint density at radius 3 is 0.986 bits per heavy atom. The van der Waals surface area contributed by atoms with Crippen molar-refractivity contribution in [1.82, 2.24) is 44.2 Å². The van der Waals surface area contributed by atoms with Crippen LogP contribution in [0.4, 0.5) is 5.82 Å². The fraction of sp³-hybridized carbons (Fsp3) is 0.568. The summed E-state index contributed by atoms with van der Waals surface area (Å²) in [7, 11) is 10.8. The standard InChI is InChI=1S/C18H28N2O.C17H25NO2.C17H25NO.C16H23NO.C15H21NO2.C15H23NO.C14H21NO2.C13H20N2O/c1-18(2,3)16-8-5-15(6-9-16)7-10-17(21)20-13-11-19(4)12-14-20;1-17(2,3)15-7-4-14(5-8-15)6-9-16(19)18-10-12-20-13-11-18;1-17(2,3)15-9-6-14(7-10-15)8-11-16(19)18-12-4-5-13-18;1-16(2,3)14-8-6-13(7-9-14)12-15(18)17-10-4-5-11-17;1-15(2,3)12-6-4-11(5-7-12)14(18)16-9-8-13(17)10-16;1-15(2,3)13-9-6-12(7-10-13)8-11-14(17)16(4)5;1-14(2,3)10-7-8-11(12(9-10)17-6)13(16)15(4)5;1-13(2,3)11-4-5-12(14-10-11)15-6-8-16-9-7-15/h5-6,8-9H,7,10-14H2,1-4H3;4-5,7-8H,6,9-13H2,1-3H3;6-7,9-10H,4-5,8,11-13H2,1-3H3;6-9H,4-5,10-12H2,1-3H3;4-7,13,17H,8-10H2,1-3H3;6-7,9-10H,8,11H2,1-5H3;7-9H,1-6H3;4-5,10H,6-9H2,1-3H3.